The molecule has 0 saturated carbocycles. The minimum Gasteiger partial charge on any atom is -0.358 e. The third-order valence-corrected chi connectivity index (χ3v) is 4.85. The Labute approximate surface area is 127 Å². The number of carbonyl (C=O) groups excluding carboxylic acids is 2. The first-order chi connectivity index (χ1) is 10.1. The standard InChI is InChI=1S/C15H28N4O2/c1-3-15(7-4-8-17-15)14(21)18-12-5-9-19(10-6-12)11-13(20)16-2/h12,17H,3-11H2,1-2H3,(H,16,20)(H,18,21). The van der Waals surface area contributed by atoms with Crippen molar-refractivity contribution in [1.29, 1.82) is 0 Å². The Bertz CT molecular complexity index is 372. The number of amides is 2. The number of piperidine rings is 1. The van der Waals surface area contributed by atoms with Gasteiger partial charge in [0, 0.05) is 26.2 Å². The van der Waals surface area contributed by atoms with Crippen LogP contribution < -0.4 is 16.0 Å². The molecule has 2 aliphatic heterocycles. The molecular formula is C15H28N4O2. The maximum absolute atomic E-state index is 12.5. The molecule has 2 heterocycles. The molecule has 0 aromatic heterocycles. The molecule has 2 fully saturated rings. The fourth-order valence-electron chi connectivity index (χ4n) is 3.30. The monoisotopic (exact) mass is 296 g/mol. The number of hydrogen-bond donors (Lipinski definition) is 3. The summed E-state index contributed by atoms with van der Waals surface area (Å²) in [6, 6.07) is 0.240. The van der Waals surface area contributed by atoms with Crippen molar-refractivity contribution in [3.8, 4) is 0 Å². The largest absolute Gasteiger partial charge is 0.358 e. The average molecular weight is 296 g/mol. The normalized spacial score (nSPS) is 27.5. The molecule has 21 heavy (non-hydrogen) atoms. The van der Waals surface area contributed by atoms with Crippen molar-refractivity contribution in [3.63, 3.8) is 0 Å². The van der Waals surface area contributed by atoms with E-state index in [0.29, 0.717) is 6.54 Å². The Hall–Kier alpha value is -1.14. The van der Waals surface area contributed by atoms with E-state index in [1.165, 1.54) is 0 Å². The zero-order chi connectivity index (χ0) is 15.3. The van der Waals surface area contributed by atoms with Crippen LogP contribution in [0.1, 0.15) is 39.0 Å². The first-order valence-electron chi connectivity index (χ1n) is 8.08. The zero-order valence-corrected chi connectivity index (χ0v) is 13.2. The van der Waals surface area contributed by atoms with E-state index in [0.717, 1.165) is 51.7 Å². The van der Waals surface area contributed by atoms with E-state index in [1.54, 1.807) is 7.05 Å². The van der Waals surface area contributed by atoms with E-state index < -0.39 is 0 Å². The SMILES string of the molecule is CCC1(C(=O)NC2CCN(CC(=O)NC)CC2)CCCN1. The summed E-state index contributed by atoms with van der Waals surface area (Å²) in [5, 5.41) is 9.23. The van der Waals surface area contributed by atoms with Crippen LogP contribution in [0.5, 0.6) is 0 Å². The van der Waals surface area contributed by atoms with Crippen LogP contribution in [-0.4, -0.2) is 61.5 Å². The van der Waals surface area contributed by atoms with E-state index in [1.807, 2.05) is 0 Å². The first kappa shape index (κ1) is 16.2. The maximum Gasteiger partial charge on any atom is 0.240 e. The highest BCUT2D eigenvalue weighted by atomic mass is 16.2. The molecule has 2 amide bonds. The lowest BCUT2D eigenvalue weighted by Gasteiger charge is -2.34. The average Bonchev–Trinajstić information content (AvgIpc) is 2.99. The van der Waals surface area contributed by atoms with Gasteiger partial charge >= 0.3 is 0 Å². The first-order valence-corrected chi connectivity index (χ1v) is 8.08. The zero-order valence-electron chi connectivity index (χ0n) is 13.2. The molecule has 0 aliphatic carbocycles. The fraction of sp³-hybridized carbons (Fsp3) is 0.867. The summed E-state index contributed by atoms with van der Waals surface area (Å²) in [7, 11) is 1.66. The third-order valence-electron chi connectivity index (χ3n) is 4.85. The van der Waals surface area contributed by atoms with Gasteiger partial charge in [-0.15, -0.1) is 0 Å². The van der Waals surface area contributed by atoms with E-state index in [9.17, 15) is 9.59 Å². The Morgan fingerprint density at radius 3 is 2.57 bits per heavy atom. The number of likely N-dealkylation sites (tertiary alicyclic amines) is 1. The smallest absolute Gasteiger partial charge is 0.240 e. The number of nitrogens with zero attached hydrogens (tertiary/aromatic N) is 1. The summed E-state index contributed by atoms with van der Waals surface area (Å²) < 4.78 is 0. The second kappa shape index (κ2) is 7.22. The van der Waals surface area contributed by atoms with Crippen molar-refractivity contribution in [2.45, 2.75) is 50.6 Å². The van der Waals surface area contributed by atoms with Gasteiger partial charge in [0.2, 0.25) is 11.8 Å². The van der Waals surface area contributed by atoms with Gasteiger partial charge in [0.05, 0.1) is 12.1 Å². The van der Waals surface area contributed by atoms with Crippen LogP contribution in [0.3, 0.4) is 0 Å². The van der Waals surface area contributed by atoms with E-state index >= 15 is 0 Å². The molecule has 2 aliphatic rings. The minimum atomic E-state index is -0.348. The minimum absolute atomic E-state index is 0.0533. The van der Waals surface area contributed by atoms with Crippen LogP contribution in [0.25, 0.3) is 0 Å². The van der Waals surface area contributed by atoms with Gasteiger partial charge in [-0.05, 0) is 38.6 Å². The predicted molar refractivity (Wildman–Crippen MR) is 81.9 cm³/mol. The lowest BCUT2D eigenvalue weighted by molar-refractivity contribution is -0.128. The van der Waals surface area contributed by atoms with Crippen LogP contribution in [0.2, 0.25) is 0 Å². The van der Waals surface area contributed by atoms with Gasteiger partial charge in [0.25, 0.3) is 0 Å². The molecule has 6 heteroatoms. The lowest BCUT2D eigenvalue weighted by atomic mass is 9.92. The quantitative estimate of drug-likeness (QED) is 0.659. The van der Waals surface area contributed by atoms with Crippen molar-refractivity contribution < 1.29 is 9.59 Å². The Kier molecular flexibility index (Phi) is 5.58. The van der Waals surface area contributed by atoms with Gasteiger partial charge in [-0.2, -0.15) is 0 Å². The van der Waals surface area contributed by atoms with Gasteiger partial charge in [0.1, 0.15) is 0 Å². The van der Waals surface area contributed by atoms with Crippen LogP contribution in [-0.2, 0) is 9.59 Å². The molecule has 0 radical (unpaired) electrons. The Morgan fingerprint density at radius 2 is 2.05 bits per heavy atom. The lowest BCUT2D eigenvalue weighted by Crippen LogP contribution is -2.57. The van der Waals surface area contributed by atoms with Crippen molar-refractivity contribution in [3.05, 3.63) is 0 Å². The van der Waals surface area contributed by atoms with Crippen molar-refractivity contribution in [2.24, 2.45) is 0 Å². The molecule has 2 rings (SSSR count). The van der Waals surface area contributed by atoms with Gasteiger partial charge in [-0.25, -0.2) is 0 Å². The number of nitrogens with one attached hydrogen (secondary N) is 3. The van der Waals surface area contributed by atoms with E-state index in [4.69, 9.17) is 0 Å². The van der Waals surface area contributed by atoms with Crippen LogP contribution in [0.15, 0.2) is 0 Å². The summed E-state index contributed by atoms with van der Waals surface area (Å²) in [6.07, 6.45) is 4.69. The Balaban J connectivity index is 1.78. The topological polar surface area (TPSA) is 73.5 Å². The molecular weight excluding hydrogens is 268 g/mol. The molecule has 3 N–H and O–H groups in total. The molecule has 0 aromatic carbocycles. The Morgan fingerprint density at radius 1 is 1.33 bits per heavy atom. The molecule has 120 valence electrons. The van der Waals surface area contributed by atoms with Gasteiger partial charge in [0.15, 0.2) is 0 Å². The van der Waals surface area contributed by atoms with Gasteiger partial charge in [-0.3, -0.25) is 14.5 Å². The highest BCUT2D eigenvalue weighted by molar-refractivity contribution is 5.86. The number of carbonyl (C=O) groups is 2. The third kappa shape index (κ3) is 3.95. The summed E-state index contributed by atoms with van der Waals surface area (Å²) in [6.45, 7) is 5.20. The molecule has 0 spiro atoms. The summed E-state index contributed by atoms with van der Waals surface area (Å²) in [4.78, 5) is 26.0. The molecule has 1 unspecified atom stereocenters. The summed E-state index contributed by atoms with van der Waals surface area (Å²) >= 11 is 0. The molecule has 6 nitrogen and oxygen atoms in total. The summed E-state index contributed by atoms with van der Waals surface area (Å²) in [5.41, 5.74) is -0.348. The second-order valence-electron chi connectivity index (χ2n) is 6.16. The fourth-order valence-corrected chi connectivity index (χ4v) is 3.30. The van der Waals surface area contributed by atoms with Crippen LogP contribution in [0, 0.1) is 0 Å². The predicted octanol–water partition coefficient (Wildman–Crippen LogP) is -0.155. The molecule has 1 atom stereocenters. The number of rotatable bonds is 5. The summed E-state index contributed by atoms with van der Waals surface area (Å²) in [5.74, 6) is 0.213. The molecule has 2 saturated heterocycles. The van der Waals surface area contributed by atoms with Crippen LogP contribution in [0.4, 0.5) is 0 Å². The molecule has 0 aromatic rings. The van der Waals surface area contributed by atoms with Gasteiger partial charge in [-0.1, -0.05) is 6.92 Å². The highest BCUT2D eigenvalue weighted by Crippen LogP contribution is 2.24. The maximum atomic E-state index is 12.5. The van der Waals surface area contributed by atoms with Crippen LogP contribution >= 0.6 is 0 Å². The van der Waals surface area contributed by atoms with Crippen molar-refractivity contribution in [2.75, 3.05) is 33.2 Å². The van der Waals surface area contributed by atoms with Crippen molar-refractivity contribution >= 4 is 11.8 Å². The van der Waals surface area contributed by atoms with E-state index in [-0.39, 0.29) is 23.4 Å². The van der Waals surface area contributed by atoms with Gasteiger partial charge < -0.3 is 16.0 Å². The highest BCUT2D eigenvalue weighted by Gasteiger charge is 2.40. The van der Waals surface area contributed by atoms with E-state index in [2.05, 4.69) is 27.8 Å². The van der Waals surface area contributed by atoms with Crippen molar-refractivity contribution in [1.82, 2.24) is 20.9 Å². The second-order valence-corrected chi connectivity index (χ2v) is 6.16. The molecule has 0 bridgehead atoms. The number of hydrogen-bond acceptors (Lipinski definition) is 4. The number of likely N-dealkylation sites (N-methyl/N-ethyl adjacent to an activating group) is 1.